The summed E-state index contributed by atoms with van der Waals surface area (Å²) >= 11 is 0. The lowest BCUT2D eigenvalue weighted by Crippen LogP contribution is -2.26. The van der Waals surface area contributed by atoms with Crippen LogP contribution in [0.5, 0.6) is 0 Å². The molecule has 14 heavy (non-hydrogen) atoms. The van der Waals surface area contributed by atoms with E-state index >= 15 is 0 Å². The van der Waals surface area contributed by atoms with Crippen molar-refractivity contribution in [2.24, 2.45) is 11.8 Å². The molecule has 3 nitrogen and oxygen atoms in total. The maximum atomic E-state index is 10.5. The van der Waals surface area contributed by atoms with Crippen molar-refractivity contribution in [2.45, 2.75) is 39.0 Å². The number of carbonyl (C=O) groups is 1. The minimum absolute atomic E-state index is 0.369. The number of carboxylic acids is 1. The quantitative estimate of drug-likeness (QED) is 0.710. The SMILES string of the molecule is CCNCC1CCC(CC(=O)O)CC1. The van der Waals surface area contributed by atoms with E-state index in [2.05, 4.69) is 12.2 Å². The molecular formula is C11H21NO2. The van der Waals surface area contributed by atoms with Gasteiger partial charge in [-0.3, -0.25) is 4.79 Å². The van der Waals surface area contributed by atoms with Crippen molar-refractivity contribution in [3.05, 3.63) is 0 Å². The van der Waals surface area contributed by atoms with E-state index in [1.807, 2.05) is 0 Å². The van der Waals surface area contributed by atoms with Gasteiger partial charge >= 0.3 is 5.97 Å². The lowest BCUT2D eigenvalue weighted by molar-refractivity contribution is -0.138. The molecule has 2 N–H and O–H groups in total. The monoisotopic (exact) mass is 199 g/mol. The smallest absolute Gasteiger partial charge is 0.303 e. The van der Waals surface area contributed by atoms with Crippen LogP contribution in [-0.4, -0.2) is 24.2 Å². The summed E-state index contributed by atoms with van der Waals surface area (Å²) < 4.78 is 0. The molecule has 0 aliphatic heterocycles. The van der Waals surface area contributed by atoms with Gasteiger partial charge in [-0.15, -0.1) is 0 Å². The molecule has 1 aliphatic carbocycles. The molecule has 0 amide bonds. The molecule has 0 saturated heterocycles. The van der Waals surface area contributed by atoms with Crippen LogP contribution in [-0.2, 0) is 4.79 Å². The van der Waals surface area contributed by atoms with E-state index in [0.29, 0.717) is 12.3 Å². The number of hydrogen-bond donors (Lipinski definition) is 2. The van der Waals surface area contributed by atoms with Gasteiger partial charge in [-0.1, -0.05) is 6.92 Å². The molecule has 3 heteroatoms. The van der Waals surface area contributed by atoms with E-state index in [1.165, 1.54) is 12.8 Å². The normalized spacial score (nSPS) is 27.5. The average Bonchev–Trinajstić information content (AvgIpc) is 2.16. The van der Waals surface area contributed by atoms with E-state index < -0.39 is 5.97 Å². The van der Waals surface area contributed by atoms with Crippen molar-refractivity contribution in [2.75, 3.05) is 13.1 Å². The Bertz CT molecular complexity index is 174. The summed E-state index contributed by atoms with van der Waals surface area (Å²) in [6, 6.07) is 0. The first-order valence-electron chi connectivity index (χ1n) is 5.64. The third-order valence-corrected chi connectivity index (χ3v) is 3.11. The predicted octanol–water partition coefficient (Wildman–Crippen LogP) is 1.88. The Balaban J connectivity index is 2.14. The van der Waals surface area contributed by atoms with Crippen LogP contribution in [0, 0.1) is 11.8 Å². The molecule has 0 unspecified atom stereocenters. The third-order valence-electron chi connectivity index (χ3n) is 3.11. The molecule has 0 spiro atoms. The van der Waals surface area contributed by atoms with Gasteiger partial charge in [-0.25, -0.2) is 0 Å². The predicted molar refractivity (Wildman–Crippen MR) is 56.2 cm³/mol. The summed E-state index contributed by atoms with van der Waals surface area (Å²) in [6.45, 7) is 4.27. The molecule has 0 radical (unpaired) electrons. The Morgan fingerprint density at radius 1 is 1.29 bits per heavy atom. The van der Waals surface area contributed by atoms with E-state index in [0.717, 1.165) is 31.8 Å². The first kappa shape index (κ1) is 11.5. The fraction of sp³-hybridized carbons (Fsp3) is 0.909. The van der Waals surface area contributed by atoms with Gasteiger partial charge in [0.05, 0.1) is 0 Å². The van der Waals surface area contributed by atoms with Crippen molar-refractivity contribution >= 4 is 5.97 Å². The van der Waals surface area contributed by atoms with Crippen LogP contribution in [0.25, 0.3) is 0 Å². The minimum Gasteiger partial charge on any atom is -0.481 e. The number of aliphatic carboxylic acids is 1. The number of nitrogens with one attached hydrogen (secondary N) is 1. The van der Waals surface area contributed by atoms with Crippen molar-refractivity contribution in [1.29, 1.82) is 0 Å². The molecular weight excluding hydrogens is 178 g/mol. The van der Waals surface area contributed by atoms with Gasteiger partial charge < -0.3 is 10.4 Å². The highest BCUT2D eigenvalue weighted by Crippen LogP contribution is 2.30. The van der Waals surface area contributed by atoms with Gasteiger partial charge in [0.15, 0.2) is 0 Å². The largest absolute Gasteiger partial charge is 0.481 e. The van der Waals surface area contributed by atoms with E-state index in [-0.39, 0.29) is 0 Å². The van der Waals surface area contributed by atoms with E-state index in [9.17, 15) is 4.79 Å². The zero-order chi connectivity index (χ0) is 10.4. The molecule has 82 valence electrons. The number of carboxylic acid groups (broad SMARTS) is 1. The van der Waals surface area contributed by atoms with E-state index in [1.54, 1.807) is 0 Å². The molecule has 0 aromatic carbocycles. The van der Waals surface area contributed by atoms with Crippen molar-refractivity contribution in [3.8, 4) is 0 Å². The van der Waals surface area contributed by atoms with Crippen LogP contribution in [0.1, 0.15) is 39.0 Å². The molecule has 1 aliphatic rings. The van der Waals surface area contributed by atoms with Crippen LogP contribution < -0.4 is 5.32 Å². The Kier molecular flexibility index (Phi) is 4.94. The standard InChI is InChI=1S/C11H21NO2/c1-2-12-8-10-5-3-9(4-6-10)7-11(13)14/h9-10,12H,2-8H2,1H3,(H,13,14). The van der Waals surface area contributed by atoms with Crippen LogP contribution >= 0.6 is 0 Å². The van der Waals surface area contributed by atoms with Crippen LogP contribution in [0.15, 0.2) is 0 Å². The van der Waals surface area contributed by atoms with Gasteiger partial charge in [0, 0.05) is 6.42 Å². The maximum Gasteiger partial charge on any atom is 0.303 e. The number of hydrogen-bond acceptors (Lipinski definition) is 2. The highest BCUT2D eigenvalue weighted by atomic mass is 16.4. The second kappa shape index (κ2) is 6.02. The second-order valence-corrected chi connectivity index (χ2v) is 4.29. The van der Waals surface area contributed by atoms with Crippen molar-refractivity contribution in [3.63, 3.8) is 0 Å². The van der Waals surface area contributed by atoms with Crippen molar-refractivity contribution in [1.82, 2.24) is 5.32 Å². The van der Waals surface area contributed by atoms with E-state index in [4.69, 9.17) is 5.11 Å². The summed E-state index contributed by atoms with van der Waals surface area (Å²) in [5, 5.41) is 12.0. The Morgan fingerprint density at radius 2 is 1.86 bits per heavy atom. The first-order valence-corrected chi connectivity index (χ1v) is 5.64. The van der Waals surface area contributed by atoms with Crippen LogP contribution in [0.3, 0.4) is 0 Å². The summed E-state index contributed by atoms with van der Waals surface area (Å²) in [5.74, 6) is 0.575. The Hall–Kier alpha value is -0.570. The number of rotatable bonds is 5. The first-order chi connectivity index (χ1) is 6.72. The summed E-state index contributed by atoms with van der Waals surface area (Å²) in [5.41, 5.74) is 0. The fourth-order valence-corrected chi connectivity index (χ4v) is 2.24. The summed E-state index contributed by atoms with van der Waals surface area (Å²) in [4.78, 5) is 10.5. The van der Waals surface area contributed by atoms with Gasteiger partial charge in [-0.2, -0.15) is 0 Å². The molecule has 0 bridgehead atoms. The zero-order valence-electron chi connectivity index (χ0n) is 8.96. The Morgan fingerprint density at radius 3 is 2.36 bits per heavy atom. The van der Waals surface area contributed by atoms with Crippen LogP contribution in [0.4, 0.5) is 0 Å². The topological polar surface area (TPSA) is 49.3 Å². The molecule has 1 saturated carbocycles. The van der Waals surface area contributed by atoms with Crippen LogP contribution in [0.2, 0.25) is 0 Å². The fourth-order valence-electron chi connectivity index (χ4n) is 2.24. The molecule has 1 rings (SSSR count). The summed E-state index contributed by atoms with van der Waals surface area (Å²) in [6.07, 6.45) is 4.97. The Labute approximate surface area is 85.9 Å². The minimum atomic E-state index is -0.639. The van der Waals surface area contributed by atoms with Gasteiger partial charge in [-0.05, 0) is 50.6 Å². The molecule has 1 fully saturated rings. The molecule has 0 heterocycles. The van der Waals surface area contributed by atoms with Gasteiger partial charge in [0.25, 0.3) is 0 Å². The molecule has 0 atom stereocenters. The second-order valence-electron chi connectivity index (χ2n) is 4.29. The van der Waals surface area contributed by atoms with Gasteiger partial charge in [0.2, 0.25) is 0 Å². The van der Waals surface area contributed by atoms with Gasteiger partial charge in [0.1, 0.15) is 0 Å². The zero-order valence-corrected chi connectivity index (χ0v) is 8.96. The molecule has 0 aromatic heterocycles. The maximum absolute atomic E-state index is 10.5. The average molecular weight is 199 g/mol. The highest BCUT2D eigenvalue weighted by molar-refractivity contribution is 5.67. The lowest BCUT2D eigenvalue weighted by Gasteiger charge is -2.27. The third kappa shape index (κ3) is 4.09. The highest BCUT2D eigenvalue weighted by Gasteiger charge is 2.22. The van der Waals surface area contributed by atoms with Crippen molar-refractivity contribution < 1.29 is 9.90 Å². The lowest BCUT2D eigenvalue weighted by atomic mass is 9.80. The summed E-state index contributed by atoms with van der Waals surface area (Å²) in [7, 11) is 0. The molecule has 0 aromatic rings.